The average Bonchev–Trinajstić information content (AvgIpc) is 3.34. The Morgan fingerprint density at radius 1 is 0.903 bits per heavy atom. The summed E-state index contributed by atoms with van der Waals surface area (Å²) in [7, 11) is 1.65. The second kappa shape index (κ2) is 7.05. The SMILES string of the molecule is Cc1cccc(-c2nc[nH]c2-c2ccc3c(c2)n(C)c(=O)n3-c2ccc(F)c(F)c2)c1. The number of hydrogen-bond acceptors (Lipinski definition) is 2. The summed E-state index contributed by atoms with van der Waals surface area (Å²) in [5.41, 5.74) is 5.81. The van der Waals surface area contributed by atoms with Crippen LogP contribution in [0.4, 0.5) is 8.78 Å². The zero-order valence-corrected chi connectivity index (χ0v) is 16.9. The summed E-state index contributed by atoms with van der Waals surface area (Å²) in [5, 5.41) is 0. The van der Waals surface area contributed by atoms with Crippen molar-refractivity contribution in [2.24, 2.45) is 7.05 Å². The fourth-order valence-electron chi connectivity index (χ4n) is 3.89. The van der Waals surface area contributed by atoms with Gasteiger partial charge in [-0.25, -0.2) is 18.6 Å². The number of nitrogens with zero attached hydrogens (tertiary/aromatic N) is 3. The van der Waals surface area contributed by atoms with Crippen LogP contribution in [0, 0.1) is 18.6 Å². The first-order chi connectivity index (χ1) is 14.9. The topological polar surface area (TPSA) is 55.6 Å². The molecule has 154 valence electrons. The van der Waals surface area contributed by atoms with Crippen molar-refractivity contribution >= 4 is 11.0 Å². The number of rotatable bonds is 3. The first-order valence-electron chi connectivity index (χ1n) is 9.72. The molecule has 5 aromatic rings. The highest BCUT2D eigenvalue weighted by Crippen LogP contribution is 2.31. The highest BCUT2D eigenvalue weighted by Gasteiger charge is 2.17. The Hall–Kier alpha value is -4.00. The quantitative estimate of drug-likeness (QED) is 0.451. The summed E-state index contributed by atoms with van der Waals surface area (Å²) in [6.07, 6.45) is 1.64. The number of aromatic nitrogens is 4. The number of imidazole rings is 2. The molecule has 5 nitrogen and oxygen atoms in total. The summed E-state index contributed by atoms with van der Waals surface area (Å²) in [6.45, 7) is 2.03. The van der Waals surface area contributed by atoms with Crippen LogP contribution in [0.3, 0.4) is 0 Å². The van der Waals surface area contributed by atoms with E-state index in [1.165, 1.54) is 15.2 Å². The fraction of sp³-hybridized carbons (Fsp3) is 0.0833. The zero-order valence-electron chi connectivity index (χ0n) is 16.9. The number of nitrogens with one attached hydrogen (secondary N) is 1. The largest absolute Gasteiger partial charge is 0.344 e. The highest BCUT2D eigenvalue weighted by molar-refractivity contribution is 5.87. The van der Waals surface area contributed by atoms with Crippen molar-refractivity contribution in [1.82, 2.24) is 19.1 Å². The molecule has 3 aromatic carbocycles. The van der Waals surface area contributed by atoms with E-state index < -0.39 is 11.6 Å². The van der Waals surface area contributed by atoms with Gasteiger partial charge in [0.2, 0.25) is 0 Å². The highest BCUT2D eigenvalue weighted by atomic mass is 19.2. The van der Waals surface area contributed by atoms with Gasteiger partial charge in [-0.1, -0.05) is 29.8 Å². The van der Waals surface area contributed by atoms with Crippen molar-refractivity contribution in [1.29, 1.82) is 0 Å². The number of fused-ring (bicyclic) bond motifs is 1. The molecule has 0 aliphatic heterocycles. The smallest absolute Gasteiger partial charge is 0.333 e. The number of aryl methyl sites for hydroxylation is 2. The normalized spacial score (nSPS) is 11.4. The second-order valence-electron chi connectivity index (χ2n) is 7.47. The Balaban J connectivity index is 1.68. The molecule has 7 heteroatoms. The molecule has 0 atom stereocenters. The number of halogens is 2. The van der Waals surface area contributed by atoms with Crippen molar-refractivity contribution in [3.8, 4) is 28.2 Å². The summed E-state index contributed by atoms with van der Waals surface area (Å²) in [5.74, 6) is -1.96. The second-order valence-corrected chi connectivity index (χ2v) is 7.47. The van der Waals surface area contributed by atoms with Crippen LogP contribution in [0.25, 0.3) is 39.2 Å². The fourth-order valence-corrected chi connectivity index (χ4v) is 3.89. The van der Waals surface area contributed by atoms with E-state index in [9.17, 15) is 13.6 Å². The van der Waals surface area contributed by atoms with Crippen LogP contribution < -0.4 is 5.69 Å². The molecular weight excluding hydrogens is 398 g/mol. The summed E-state index contributed by atoms with van der Waals surface area (Å²) >= 11 is 0. The molecule has 1 N–H and O–H groups in total. The number of hydrogen-bond donors (Lipinski definition) is 1. The Kier molecular flexibility index (Phi) is 4.32. The predicted octanol–water partition coefficient (Wildman–Crippen LogP) is 4.97. The Morgan fingerprint density at radius 2 is 1.74 bits per heavy atom. The Morgan fingerprint density at radius 3 is 2.52 bits per heavy atom. The van der Waals surface area contributed by atoms with Crippen LogP contribution in [-0.4, -0.2) is 19.1 Å². The van der Waals surface area contributed by atoms with Gasteiger partial charge >= 0.3 is 5.69 Å². The molecule has 31 heavy (non-hydrogen) atoms. The van der Waals surface area contributed by atoms with E-state index in [2.05, 4.69) is 16.0 Å². The van der Waals surface area contributed by atoms with E-state index in [0.29, 0.717) is 11.0 Å². The molecule has 0 fully saturated rings. The van der Waals surface area contributed by atoms with Gasteiger partial charge in [0.25, 0.3) is 0 Å². The molecule has 0 saturated heterocycles. The van der Waals surface area contributed by atoms with Crippen molar-refractivity contribution in [2.45, 2.75) is 6.92 Å². The predicted molar refractivity (Wildman–Crippen MR) is 116 cm³/mol. The molecule has 0 unspecified atom stereocenters. The third-order valence-electron chi connectivity index (χ3n) is 5.44. The molecule has 0 spiro atoms. The van der Waals surface area contributed by atoms with Crippen molar-refractivity contribution in [3.63, 3.8) is 0 Å². The van der Waals surface area contributed by atoms with Gasteiger partial charge in [-0.3, -0.25) is 9.13 Å². The molecule has 5 rings (SSSR count). The van der Waals surface area contributed by atoms with Gasteiger partial charge in [0.1, 0.15) is 0 Å². The van der Waals surface area contributed by atoms with Crippen LogP contribution in [0.1, 0.15) is 5.56 Å². The average molecular weight is 416 g/mol. The lowest BCUT2D eigenvalue weighted by atomic mass is 10.0. The lowest BCUT2D eigenvalue weighted by Crippen LogP contribution is -2.20. The molecule has 0 radical (unpaired) electrons. The van der Waals surface area contributed by atoms with Crippen molar-refractivity contribution in [2.75, 3.05) is 0 Å². The monoisotopic (exact) mass is 416 g/mol. The van der Waals surface area contributed by atoms with Gasteiger partial charge in [-0.2, -0.15) is 0 Å². The number of benzene rings is 3. The van der Waals surface area contributed by atoms with Gasteiger partial charge in [-0.15, -0.1) is 0 Å². The van der Waals surface area contributed by atoms with E-state index in [1.54, 1.807) is 19.4 Å². The molecule has 0 bridgehead atoms. The van der Waals surface area contributed by atoms with Crippen molar-refractivity contribution < 1.29 is 8.78 Å². The zero-order chi connectivity index (χ0) is 21.7. The maximum atomic E-state index is 13.8. The lowest BCUT2D eigenvalue weighted by Gasteiger charge is -2.07. The van der Waals surface area contributed by atoms with Gasteiger partial charge in [0.15, 0.2) is 11.6 Å². The van der Waals surface area contributed by atoms with Gasteiger partial charge in [-0.05, 0) is 37.3 Å². The van der Waals surface area contributed by atoms with Gasteiger partial charge in [0.05, 0.1) is 34.4 Å². The first-order valence-corrected chi connectivity index (χ1v) is 9.72. The van der Waals surface area contributed by atoms with Crippen LogP contribution in [0.2, 0.25) is 0 Å². The van der Waals surface area contributed by atoms with E-state index in [0.717, 1.165) is 40.2 Å². The van der Waals surface area contributed by atoms with E-state index in [4.69, 9.17) is 0 Å². The molecule has 0 aliphatic rings. The molecule has 0 amide bonds. The van der Waals surface area contributed by atoms with Crippen LogP contribution in [0.5, 0.6) is 0 Å². The van der Waals surface area contributed by atoms with E-state index in [1.807, 2.05) is 37.3 Å². The third kappa shape index (κ3) is 3.06. The maximum absolute atomic E-state index is 13.8. The van der Waals surface area contributed by atoms with Crippen molar-refractivity contribution in [3.05, 3.63) is 94.7 Å². The first kappa shape index (κ1) is 19.0. The van der Waals surface area contributed by atoms with Crippen LogP contribution >= 0.6 is 0 Å². The van der Waals surface area contributed by atoms with Crippen LogP contribution in [0.15, 0.2) is 71.8 Å². The molecule has 2 aromatic heterocycles. The van der Waals surface area contributed by atoms with E-state index >= 15 is 0 Å². The minimum absolute atomic E-state index is 0.268. The molecule has 2 heterocycles. The Bertz CT molecular complexity index is 1510. The summed E-state index contributed by atoms with van der Waals surface area (Å²) in [6, 6.07) is 17.1. The standard InChI is InChI=1S/C24H18F2N4O/c1-14-4-3-5-15(10-14)22-23(28-13-27-22)16-6-9-20-21(11-16)29(2)24(31)30(20)17-7-8-18(25)19(26)12-17/h3-13H,1-2H3,(H,27,28). The number of aromatic amines is 1. The maximum Gasteiger partial charge on any atom is 0.333 e. The molecular formula is C24H18F2N4O. The number of H-pyrrole nitrogens is 1. The van der Waals surface area contributed by atoms with E-state index in [-0.39, 0.29) is 11.4 Å². The molecule has 0 aliphatic carbocycles. The summed E-state index contributed by atoms with van der Waals surface area (Å²) in [4.78, 5) is 20.6. The lowest BCUT2D eigenvalue weighted by molar-refractivity contribution is 0.508. The summed E-state index contributed by atoms with van der Waals surface area (Å²) < 4.78 is 30.0. The Labute approximate surface area is 176 Å². The van der Waals surface area contributed by atoms with Crippen LogP contribution in [-0.2, 0) is 7.05 Å². The van der Waals surface area contributed by atoms with Gasteiger partial charge < -0.3 is 4.98 Å². The third-order valence-corrected chi connectivity index (χ3v) is 5.44. The minimum atomic E-state index is -1.00. The van der Waals surface area contributed by atoms with Gasteiger partial charge in [0, 0.05) is 24.2 Å². The molecule has 0 saturated carbocycles. The minimum Gasteiger partial charge on any atom is -0.344 e.